The molecule has 7 nitrogen and oxygen atoms in total. The molecule has 0 radical (unpaired) electrons. The Morgan fingerprint density at radius 2 is 1.92 bits per heavy atom. The third-order valence-corrected chi connectivity index (χ3v) is 4.06. The van der Waals surface area contributed by atoms with Crippen molar-refractivity contribution in [1.82, 2.24) is 9.97 Å². The molecule has 26 heavy (non-hydrogen) atoms. The molecule has 0 spiro atoms. The van der Waals surface area contributed by atoms with Crippen LogP contribution in [0.5, 0.6) is 5.75 Å². The van der Waals surface area contributed by atoms with E-state index in [0.717, 1.165) is 5.56 Å². The van der Waals surface area contributed by atoms with Crippen LogP contribution in [0.4, 0.5) is 0 Å². The lowest BCUT2D eigenvalue weighted by Crippen LogP contribution is -2.13. The summed E-state index contributed by atoms with van der Waals surface area (Å²) in [5, 5.41) is 9.15. The molecule has 2 N–H and O–H groups in total. The standard InChI is InChI=1S/C19H18N2O5/c1-25-14-7-13(8-16(23)26-2)17-15(9-14)20-19(24)18(21-17)12-5-3-11(10-22)4-6-12/h3-7,9,22H,8,10H2,1-2H3,(H,20,24). The van der Waals surface area contributed by atoms with Gasteiger partial charge in [-0.05, 0) is 17.2 Å². The van der Waals surface area contributed by atoms with Gasteiger partial charge in [-0.1, -0.05) is 24.3 Å². The van der Waals surface area contributed by atoms with Crippen LogP contribution in [-0.4, -0.2) is 35.3 Å². The van der Waals surface area contributed by atoms with Crippen molar-refractivity contribution in [2.45, 2.75) is 13.0 Å². The van der Waals surface area contributed by atoms with Crippen LogP contribution in [0.2, 0.25) is 0 Å². The molecule has 3 rings (SSSR count). The lowest BCUT2D eigenvalue weighted by molar-refractivity contribution is -0.139. The number of benzene rings is 2. The zero-order valence-electron chi connectivity index (χ0n) is 14.4. The number of fused-ring (bicyclic) bond motifs is 1. The van der Waals surface area contributed by atoms with Crippen LogP contribution in [0.15, 0.2) is 41.2 Å². The zero-order valence-corrected chi connectivity index (χ0v) is 14.4. The van der Waals surface area contributed by atoms with Gasteiger partial charge >= 0.3 is 5.97 Å². The number of ether oxygens (including phenoxy) is 2. The molecule has 0 saturated carbocycles. The SMILES string of the molecule is COC(=O)Cc1cc(OC)cc2[nH]c(=O)c(-c3ccc(CO)cc3)nc12. The number of esters is 1. The smallest absolute Gasteiger partial charge is 0.310 e. The average molecular weight is 354 g/mol. The Balaban J connectivity index is 2.19. The van der Waals surface area contributed by atoms with E-state index in [0.29, 0.717) is 27.9 Å². The molecule has 0 saturated heterocycles. The Labute approximate surface area is 149 Å². The highest BCUT2D eigenvalue weighted by Gasteiger charge is 2.15. The number of nitrogens with one attached hydrogen (secondary N) is 1. The molecule has 0 unspecified atom stereocenters. The highest BCUT2D eigenvalue weighted by Crippen LogP contribution is 2.25. The maximum absolute atomic E-state index is 12.5. The summed E-state index contributed by atoms with van der Waals surface area (Å²) in [6.07, 6.45) is 0.00609. The fourth-order valence-electron chi connectivity index (χ4n) is 2.68. The number of aromatic amines is 1. The summed E-state index contributed by atoms with van der Waals surface area (Å²) in [4.78, 5) is 31.5. The number of H-pyrrole nitrogens is 1. The monoisotopic (exact) mass is 354 g/mol. The molecule has 0 aliphatic rings. The van der Waals surface area contributed by atoms with Gasteiger partial charge in [-0.2, -0.15) is 0 Å². The summed E-state index contributed by atoms with van der Waals surface area (Å²) in [6, 6.07) is 10.2. The maximum atomic E-state index is 12.5. The van der Waals surface area contributed by atoms with E-state index in [4.69, 9.17) is 14.6 Å². The van der Waals surface area contributed by atoms with E-state index >= 15 is 0 Å². The number of carbonyl (C=O) groups excluding carboxylic acids is 1. The summed E-state index contributed by atoms with van der Waals surface area (Å²) < 4.78 is 9.97. The van der Waals surface area contributed by atoms with Crippen LogP contribution in [0.25, 0.3) is 22.3 Å². The minimum Gasteiger partial charge on any atom is -0.497 e. The minimum atomic E-state index is -0.415. The number of hydrogen-bond acceptors (Lipinski definition) is 6. The van der Waals surface area contributed by atoms with E-state index in [1.54, 1.807) is 36.4 Å². The molecule has 0 aliphatic heterocycles. The molecular weight excluding hydrogens is 336 g/mol. The molecule has 1 aromatic heterocycles. The molecule has 134 valence electrons. The Morgan fingerprint density at radius 3 is 2.54 bits per heavy atom. The number of aliphatic hydroxyl groups is 1. The highest BCUT2D eigenvalue weighted by atomic mass is 16.5. The number of nitrogens with zero attached hydrogens (tertiary/aromatic N) is 1. The molecule has 7 heteroatoms. The number of carbonyl (C=O) groups is 1. The Hall–Kier alpha value is -3.19. The van der Waals surface area contributed by atoms with E-state index in [-0.39, 0.29) is 24.3 Å². The van der Waals surface area contributed by atoms with Crippen LogP contribution in [0.1, 0.15) is 11.1 Å². The van der Waals surface area contributed by atoms with E-state index in [9.17, 15) is 9.59 Å². The fraction of sp³-hybridized carbons (Fsp3) is 0.211. The Kier molecular flexibility index (Phi) is 4.99. The van der Waals surface area contributed by atoms with Crippen LogP contribution in [-0.2, 0) is 22.6 Å². The third kappa shape index (κ3) is 3.43. The van der Waals surface area contributed by atoms with Gasteiger partial charge in [-0.3, -0.25) is 9.59 Å². The van der Waals surface area contributed by atoms with Gasteiger partial charge < -0.3 is 19.6 Å². The molecule has 0 amide bonds. The summed E-state index contributed by atoms with van der Waals surface area (Å²) in [7, 11) is 2.82. The highest BCUT2D eigenvalue weighted by molar-refractivity contribution is 5.86. The van der Waals surface area contributed by atoms with Crippen molar-refractivity contribution in [3.05, 3.63) is 57.9 Å². The first-order chi connectivity index (χ1) is 12.5. The van der Waals surface area contributed by atoms with Crippen molar-refractivity contribution >= 4 is 17.0 Å². The lowest BCUT2D eigenvalue weighted by atomic mass is 10.1. The van der Waals surface area contributed by atoms with E-state index in [2.05, 4.69) is 9.97 Å². The predicted molar refractivity (Wildman–Crippen MR) is 96.0 cm³/mol. The van der Waals surface area contributed by atoms with Crippen LogP contribution in [0, 0.1) is 0 Å². The van der Waals surface area contributed by atoms with Crippen molar-refractivity contribution in [2.24, 2.45) is 0 Å². The Bertz CT molecular complexity index is 1010. The molecule has 3 aromatic rings. The van der Waals surface area contributed by atoms with Gasteiger partial charge in [0.1, 0.15) is 11.4 Å². The first kappa shape index (κ1) is 17.6. The molecule has 0 aliphatic carbocycles. The first-order valence-electron chi connectivity index (χ1n) is 7.93. The summed E-state index contributed by atoms with van der Waals surface area (Å²) in [5.74, 6) is 0.0929. The second-order valence-corrected chi connectivity index (χ2v) is 5.71. The lowest BCUT2D eigenvalue weighted by Gasteiger charge is -2.10. The van der Waals surface area contributed by atoms with Crippen molar-refractivity contribution < 1.29 is 19.4 Å². The summed E-state index contributed by atoms with van der Waals surface area (Å²) in [5.41, 5.74) is 2.80. The quantitative estimate of drug-likeness (QED) is 0.678. The largest absolute Gasteiger partial charge is 0.497 e. The van der Waals surface area contributed by atoms with Gasteiger partial charge in [0, 0.05) is 11.6 Å². The first-order valence-corrected chi connectivity index (χ1v) is 7.93. The van der Waals surface area contributed by atoms with E-state index in [1.165, 1.54) is 14.2 Å². The minimum absolute atomic E-state index is 0.00609. The van der Waals surface area contributed by atoms with Gasteiger partial charge in [-0.25, -0.2) is 4.98 Å². The number of hydrogen-bond donors (Lipinski definition) is 2. The van der Waals surface area contributed by atoms with E-state index < -0.39 is 5.97 Å². The molecule has 0 bridgehead atoms. The van der Waals surface area contributed by atoms with Gasteiger partial charge in [0.05, 0.1) is 38.3 Å². The number of rotatable bonds is 5. The van der Waals surface area contributed by atoms with Gasteiger partial charge in [0.2, 0.25) is 0 Å². The maximum Gasteiger partial charge on any atom is 0.310 e. The molecule has 2 aromatic carbocycles. The zero-order chi connectivity index (χ0) is 18.7. The number of aliphatic hydroxyl groups excluding tert-OH is 1. The number of methoxy groups -OCH3 is 2. The number of aromatic nitrogens is 2. The van der Waals surface area contributed by atoms with Gasteiger partial charge in [0.25, 0.3) is 5.56 Å². The van der Waals surface area contributed by atoms with Crippen molar-refractivity contribution in [2.75, 3.05) is 14.2 Å². The normalized spacial score (nSPS) is 10.7. The second kappa shape index (κ2) is 7.37. The fourth-order valence-corrected chi connectivity index (χ4v) is 2.68. The van der Waals surface area contributed by atoms with Gasteiger partial charge in [0.15, 0.2) is 0 Å². The average Bonchev–Trinajstić information content (AvgIpc) is 2.67. The van der Waals surface area contributed by atoms with Crippen molar-refractivity contribution in [1.29, 1.82) is 0 Å². The molecule has 0 fully saturated rings. The second-order valence-electron chi connectivity index (χ2n) is 5.71. The molecule has 0 atom stereocenters. The predicted octanol–water partition coefficient (Wildman–Crippen LogP) is 1.81. The molecule has 1 heterocycles. The van der Waals surface area contributed by atoms with E-state index in [1.807, 2.05) is 0 Å². The van der Waals surface area contributed by atoms with Crippen LogP contribution in [0.3, 0.4) is 0 Å². The van der Waals surface area contributed by atoms with Crippen molar-refractivity contribution in [3.8, 4) is 17.0 Å². The van der Waals surface area contributed by atoms with Crippen LogP contribution < -0.4 is 10.3 Å². The summed E-state index contributed by atoms with van der Waals surface area (Å²) in [6.45, 7) is -0.0785. The molecular formula is C19H18N2O5. The third-order valence-electron chi connectivity index (χ3n) is 4.06. The topological polar surface area (TPSA) is 102 Å². The van der Waals surface area contributed by atoms with Gasteiger partial charge in [-0.15, -0.1) is 0 Å². The van der Waals surface area contributed by atoms with Crippen molar-refractivity contribution in [3.63, 3.8) is 0 Å². The Morgan fingerprint density at radius 1 is 1.19 bits per heavy atom. The van der Waals surface area contributed by atoms with Crippen LogP contribution >= 0.6 is 0 Å². The summed E-state index contributed by atoms with van der Waals surface area (Å²) >= 11 is 0.